The van der Waals surface area contributed by atoms with Crippen molar-refractivity contribution in [2.45, 2.75) is 32.2 Å². The molecule has 0 saturated carbocycles. The lowest BCUT2D eigenvalue weighted by Crippen LogP contribution is -2.23. The summed E-state index contributed by atoms with van der Waals surface area (Å²) in [5.41, 5.74) is 2.12. The van der Waals surface area contributed by atoms with Crippen LogP contribution < -0.4 is 5.32 Å². The highest BCUT2D eigenvalue weighted by Gasteiger charge is 2.29. The number of aromatic nitrogens is 2. The van der Waals surface area contributed by atoms with Crippen molar-refractivity contribution in [1.29, 1.82) is 0 Å². The second kappa shape index (κ2) is 6.06. The van der Waals surface area contributed by atoms with Crippen LogP contribution in [-0.4, -0.2) is 22.0 Å². The molecule has 1 aromatic carbocycles. The molecule has 3 rings (SSSR count). The summed E-state index contributed by atoms with van der Waals surface area (Å²) in [5.74, 6) is 2.36. The van der Waals surface area contributed by atoms with Gasteiger partial charge in [-0.3, -0.25) is 4.79 Å². The lowest BCUT2D eigenvalue weighted by Gasteiger charge is -2.22. The van der Waals surface area contributed by atoms with E-state index in [0.29, 0.717) is 24.1 Å². The van der Waals surface area contributed by atoms with Crippen molar-refractivity contribution in [3.05, 3.63) is 30.1 Å². The monoisotopic (exact) mass is 305 g/mol. The van der Waals surface area contributed by atoms with E-state index >= 15 is 0 Å². The van der Waals surface area contributed by atoms with Gasteiger partial charge in [-0.1, -0.05) is 25.5 Å². The first-order valence-corrected chi connectivity index (χ1v) is 8.03. The standard InChI is InChI=1S/C16H20ClN3O/c1-2-11(12-7-16(21)18-9-12)10-20-14-6-4-3-5-13(14)19-15(20)8-17/h3-6,11-12H,2,7-10H2,1H3,(H,18,21). The molecule has 21 heavy (non-hydrogen) atoms. The van der Waals surface area contributed by atoms with Gasteiger partial charge in [0.1, 0.15) is 5.82 Å². The third-order valence-electron chi connectivity index (χ3n) is 4.47. The fraction of sp³-hybridized carbons (Fsp3) is 0.500. The molecule has 0 radical (unpaired) electrons. The van der Waals surface area contributed by atoms with Gasteiger partial charge in [-0.05, 0) is 24.0 Å². The number of nitrogens with zero attached hydrogens (tertiary/aromatic N) is 2. The first-order valence-electron chi connectivity index (χ1n) is 7.49. The van der Waals surface area contributed by atoms with E-state index in [1.165, 1.54) is 0 Å². The molecule has 5 heteroatoms. The zero-order valence-corrected chi connectivity index (χ0v) is 12.9. The third-order valence-corrected chi connectivity index (χ3v) is 4.71. The van der Waals surface area contributed by atoms with Gasteiger partial charge in [0.05, 0.1) is 16.9 Å². The average molecular weight is 306 g/mol. The second-order valence-electron chi connectivity index (χ2n) is 5.70. The van der Waals surface area contributed by atoms with E-state index in [0.717, 1.165) is 36.4 Å². The van der Waals surface area contributed by atoms with E-state index in [1.807, 2.05) is 18.2 Å². The molecule has 1 N–H and O–H groups in total. The van der Waals surface area contributed by atoms with Crippen LogP contribution in [0.1, 0.15) is 25.6 Å². The third kappa shape index (κ3) is 2.77. The number of carbonyl (C=O) groups is 1. The van der Waals surface area contributed by atoms with Crippen LogP contribution >= 0.6 is 11.6 Å². The van der Waals surface area contributed by atoms with Gasteiger partial charge in [0.25, 0.3) is 0 Å². The van der Waals surface area contributed by atoms with E-state index in [-0.39, 0.29) is 5.91 Å². The van der Waals surface area contributed by atoms with Crippen LogP contribution in [0.3, 0.4) is 0 Å². The number of amides is 1. The number of nitrogens with one attached hydrogen (secondary N) is 1. The number of hydrogen-bond acceptors (Lipinski definition) is 2. The highest BCUT2D eigenvalue weighted by atomic mass is 35.5. The van der Waals surface area contributed by atoms with E-state index in [9.17, 15) is 4.79 Å². The predicted molar refractivity (Wildman–Crippen MR) is 84.2 cm³/mol. The molecule has 1 aromatic heterocycles. The van der Waals surface area contributed by atoms with Crippen LogP contribution in [0, 0.1) is 11.8 Å². The van der Waals surface area contributed by atoms with Crippen molar-refractivity contribution in [3.8, 4) is 0 Å². The van der Waals surface area contributed by atoms with Crippen molar-refractivity contribution >= 4 is 28.5 Å². The summed E-state index contributed by atoms with van der Waals surface area (Å²) in [5, 5.41) is 2.94. The number of fused-ring (bicyclic) bond motifs is 1. The van der Waals surface area contributed by atoms with Crippen LogP contribution in [0.15, 0.2) is 24.3 Å². The minimum absolute atomic E-state index is 0.173. The predicted octanol–water partition coefficient (Wildman–Crippen LogP) is 2.94. The number of benzene rings is 1. The SMILES string of the molecule is CCC(Cn1c(CCl)nc2ccccc21)C1CNC(=O)C1. The molecule has 1 aliphatic rings. The summed E-state index contributed by atoms with van der Waals surface area (Å²) in [6.07, 6.45) is 1.69. The van der Waals surface area contributed by atoms with Crippen molar-refractivity contribution in [2.24, 2.45) is 11.8 Å². The molecule has 1 aliphatic heterocycles. The fourth-order valence-electron chi connectivity index (χ4n) is 3.24. The van der Waals surface area contributed by atoms with Gasteiger partial charge in [0.2, 0.25) is 5.91 Å². The van der Waals surface area contributed by atoms with Crippen LogP contribution in [0.2, 0.25) is 0 Å². The summed E-state index contributed by atoms with van der Waals surface area (Å²) in [6, 6.07) is 8.13. The minimum atomic E-state index is 0.173. The van der Waals surface area contributed by atoms with Gasteiger partial charge in [-0.2, -0.15) is 0 Å². The van der Waals surface area contributed by atoms with Gasteiger partial charge < -0.3 is 9.88 Å². The van der Waals surface area contributed by atoms with E-state index in [4.69, 9.17) is 11.6 Å². The van der Waals surface area contributed by atoms with Gasteiger partial charge in [0.15, 0.2) is 0 Å². The van der Waals surface area contributed by atoms with Crippen LogP contribution in [0.5, 0.6) is 0 Å². The molecular weight excluding hydrogens is 286 g/mol. The van der Waals surface area contributed by atoms with Crippen LogP contribution in [-0.2, 0) is 17.2 Å². The molecule has 0 bridgehead atoms. The maximum atomic E-state index is 11.5. The van der Waals surface area contributed by atoms with Gasteiger partial charge >= 0.3 is 0 Å². The molecule has 2 unspecified atom stereocenters. The fourth-order valence-corrected chi connectivity index (χ4v) is 3.44. The minimum Gasteiger partial charge on any atom is -0.356 e. The molecule has 2 aromatic rings. The van der Waals surface area contributed by atoms with Gasteiger partial charge in [0, 0.05) is 19.5 Å². The lowest BCUT2D eigenvalue weighted by molar-refractivity contribution is -0.119. The van der Waals surface area contributed by atoms with Crippen molar-refractivity contribution < 1.29 is 4.79 Å². The molecule has 2 heterocycles. The van der Waals surface area contributed by atoms with E-state index in [2.05, 4.69) is 27.9 Å². The summed E-state index contributed by atoms with van der Waals surface area (Å²) < 4.78 is 2.22. The molecular formula is C16H20ClN3O. The molecule has 0 aliphatic carbocycles. The Labute approximate surface area is 129 Å². The van der Waals surface area contributed by atoms with Crippen LogP contribution in [0.4, 0.5) is 0 Å². The Kier molecular flexibility index (Phi) is 4.15. The highest BCUT2D eigenvalue weighted by molar-refractivity contribution is 6.16. The number of rotatable bonds is 5. The zero-order chi connectivity index (χ0) is 14.8. The molecule has 0 spiro atoms. The quantitative estimate of drug-likeness (QED) is 0.863. The Morgan fingerprint density at radius 2 is 2.29 bits per heavy atom. The first-order chi connectivity index (χ1) is 10.2. The van der Waals surface area contributed by atoms with E-state index in [1.54, 1.807) is 0 Å². The van der Waals surface area contributed by atoms with Crippen molar-refractivity contribution in [1.82, 2.24) is 14.9 Å². The smallest absolute Gasteiger partial charge is 0.220 e. The summed E-state index contributed by atoms with van der Waals surface area (Å²) >= 11 is 6.06. The molecule has 1 amide bonds. The maximum absolute atomic E-state index is 11.5. The first kappa shape index (κ1) is 14.4. The second-order valence-corrected chi connectivity index (χ2v) is 5.96. The summed E-state index contributed by atoms with van der Waals surface area (Å²) in [4.78, 5) is 16.1. The maximum Gasteiger partial charge on any atom is 0.220 e. The van der Waals surface area contributed by atoms with Crippen molar-refractivity contribution in [3.63, 3.8) is 0 Å². The lowest BCUT2D eigenvalue weighted by atomic mass is 9.89. The van der Waals surface area contributed by atoms with Gasteiger partial charge in [-0.15, -0.1) is 11.6 Å². The average Bonchev–Trinajstić information content (AvgIpc) is 3.08. The Morgan fingerprint density at radius 1 is 1.48 bits per heavy atom. The molecule has 4 nitrogen and oxygen atoms in total. The Balaban J connectivity index is 1.90. The van der Waals surface area contributed by atoms with Crippen molar-refractivity contribution in [2.75, 3.05) is 6.54 Å². The largest absolute Gasteiger partial charge is 0.356 e. The Morgan fingerprint density at radius 3 is 2.95 bits per heavy atom. The van der Waals surface area contributed by atoms with E-state index < -0.39 is 0 Å². The number of halogens is 1. The van der Waals surface area contributed by atoms with Gasteiger partial charge in [-0.25, -0.2) is 4.98 Å². The highest BCUT2D eigenvalue weighted by Crippen LogP contribution is 2.27. The number of carbonyl (C=O) groups excluding carboxylic acids is 1. The normalized spacial score (nSPS) is 19.9. The number of alkyl halides is 1. The summed E-state index contributed by atoms with van der Waals surface area (Å²) in [6.45, 7) is 3.85. The molecule has 2 atom stereocenters. The summed E-state index contributed by atoms with van der Waals surface area (Å²) in [7, 11) is 0. The number of para-hydroxylation sites is 2. The molecule has 1 saturated heterocycles. The Bertz CT molecular complexity index is 652. The number of hydrogen-bond donors (Lipinski definition) is 1. The zero-order valence-electron chi connectivity index (χ0n) is 12.2. The molecule has 112 valence electrons. The topological polar surface area (TPSA) is 46.9 Å². The Hall–Kier alpha value is -1.55. The van der Waals surface area contributed by atoms with Crippen LogP contribution in [0.25, 0.3) is 11.0 Å². The molecule has 1 fully saturated rings. The number of imidazole rings is 1.